The molecule has 18 heavy (non-hydrogen) atoms. The highest BCUT2D eigenvalue weighted by Gasteiger charge is 2.22. The molecule has 1 unspecified atom stereocenters. The summed E-state index contributed by atoms with van der Waals surface area (Å²) in [6.45, 7) is 2.00. The monoisotopic (exact) mass is 268 g/mol. The average molecular weight is 268 g/mol. The number of carboxylic acids is 1. The standard InChI is InChI=1S/C11H12N2O4S/c1-2-3-6-10(18-13-12-6)9(14)7-4-5-8(17-7)11(15)16/h4-5,9,14H,2-3H2,1H3,(H,15,16). The van der Waals surface area contributed by atoms with Crippen molar-refractivity contribution >= 4 is 17.5 Å². The summed E-state index contributed by atoms with van der Waals surface area (Å²) in [6, 6.07) is 2.76. The van der Waals surface area contributed by atoms with Gasteiger partial charge in [0.15, 0.2) is 0 Å². The van der Waals surface area contributed by atoms with E-state index < -0.39 is 12.1 Å². The maximum atomic E-state index is 10.7. The maximum Gasteiger partial charge on any atom is 0.371 e. The lowest BCUT2D eigenvalue weighted by Crippen LogP contribution is -2.00. The van der Waals surface area contributed by atoms with E-state index in [1.165, 1.54) is 12.1 Å². The van der Waals surface area contributed by atoms with Gasteiger partial charge in [-0.3, -0.25) is 0 Å². The van der Waals surface area contributed by atoms with E-state index in [1.54, 1.807) is 0 Å². The van der Waals surface area contributed by atoms with Crippen molar-refractivity contribution in [2.24, 2.45) is 0 Å². The van der Waals surface area contributed by atoms with Crippen LogP contribution in [0.15, 0.2) is 16.5 Å². The largest absolute Gasteiger partial charge is 0.475 e. The fourth-order valence-electron chi connectivity index (χ4n) is 1.58. The number of nitrogens with zero attached hydrogens (tertiary/aromatic N) is 2. The Morgan fingerprint density at radius 2 is 2.33 bits per heavy atom. The second-order valence-corrected chi connectivity index (χ2v) is 4.53. The zero-order valence-electron chi connectivity index (χ0n) is 9.66. The first kappa shape index (κ1) is 12.7. The van der Waals surface area contributed by atoms with Crippen molar-refractivity contribution in [1.29, 1.82) is 0 Å². The summed E-state index contributed by atoms with van der Waals surface area (Å²) in [4.78, 5) is 11.3. The number of aromatic nitrogens is 2. The zero-order chi connectivity index (χ0) is 13.1. The quantitative estimate of drug-likeness (QED) is 0.859. The summed E-state index contributed by atoms with van der Waals surface area (Å²) < 4.78 is 8.87. The van der Waals surface area contributed by atoms with Gasteiger partial charge in [0.05, 0.1) is 10.6 Å². The summed E-state index contributed by atoms with van der Waals surface area (Å²) in [5.74, 6) is -1.17. The Kier molecular flexibility index (Phi) is 3.73. The zero-order valence-corrected chi connectivity index (χ0v) is 10.5. The van der Waals surface area contributed by atoms with Crippen LogP contribution in [-0.4, -0.2) is 25.8 Å². The van der Waals surface area contributed by atoms with Crippen molar-refractivity contribution in [1.82, 2.24) is 9.59 Å². The Labute approximate surface area is 107 Å². The van der Waals surface area contributed by atoms with E-state index in [1.807, 2.05) is 6.92 Å². The third-order valence-corrected chi connectivity index (χ3v) is 3.25. The van der Waals surface area contributed by atoms with Crippen molar-refractivity contribution in [3.8, 4) is 0 Å². The number of aliphatic hydroxyl groups excluding tert-OH is 1. The summed E-state index contributed by atoms with van der Waals surface area (Å²) in [6.07, 6.45) is 0.596. The Balaban J connectivity index is 2.26. The molecule has 7 heteroatoms. The van der Waals surface area contributed by atoms with Gasteiger partial charge in [-0.05, 0) is 30.1 Å². The highest BCUT2D eigenvalue weighted by molar-refractivity contribution is 7.05. The molecule has 2 aromatic rings. The SMILES string of the molecule is CCCc1nnsc1C(O)c1ccc(C(=O)O)o1. The van der Waals surface area contributed by atoms with Crippen LogP contribution < -0.4 is 0 Å². The lowest BCUT2D eigenvalue weighted by atomic mass is 10.1. The second kappa shape index (κ2) is 5.28. The third kappa shape index (κ3) is 2.41. The van der Waals surface area contributed by atoms with E-state index in [9.17, 15) is 9.90 Å². The first-order chi connectivity index (χ1) is 8.63. The van der Waals surface area contributed by atoms with Gasteiger partial charge in [-0.2, -0.15) is 0 Å². The number of hydrogen-bond donors (Lipinski definition) is 2. The Hall–Kier alpha value is -1.73. The third-order valence-electron chi connectivity index (χ3n) is 2.43. The van der Waals surface area contributed by atoms with Crippen LogP contribution in [0.2, 0.25) is 0 Å². The normalized spacial score (nSPS) is 12.6. The van der Waals surface area contributed by atoms with Gasteiger partial charge in [-0.15, -0.1) is 5.10 Å². The maximum absolute atomic E-state index is 10.7. The summed E-state index contributed by atoms with van der Waals surface area (Å²) in [7, 11) is 0. The van der Waals surface area contributed by atoms with Gasteiger partial charge in [0.1, 0.15) is 11.9 Å². The van der Waals surface area contributed by atoms with Gasteiger partial charge in [0.2, 0.25) is 5.76 Å². The molecule has 0 amide bonds. The van der Waals surface area contributed by atoms with Crippen LogP contribution in [0.3, 0.4) is 0 Å². The second-order valence-electron chi connectivity index (χ2n) is 3.74. The first-order valence-electron chi connectivity index (χ1n) is 5.45. The Morgan fingerprint density at radius 1 is 1.56 bits per heavy atom. The van der Waals surface area contributed by atoms with E-state index in [0.717, 1.165) is 30.1 Å². The van der Waals surface area contributed by atoms with E-state index in [-0.39, 0.29) is 11.5 Å². The molecule has 0 saturated heterocycles. The van der Waals surface area contributed by atoms with Gasteiger partial charge >= 0.3 is 5.97 Å². The number of aliphatic hydroxyl groups is 1. The number of hydrogen-bond acceptors (Lipinski definition) is 6. The molecule has 2 heterocycles. The molecule has 0 aliphatic carbocycles. The highest BCUT2D eigenvalue weighted by atomic mass is 32.1. The molecule has 0 bridgehead atoms. The summed E-state index contributed by atoms with van der Waals surface area (Å²) >= 11 is 1.09. The van der Waals surface area contributed by atoms with Crippen molar-refractivity contribution in [2.75, 3.05) is 0 Å². The molecule has 2 N–H and O–H groups in total. The number of aryl methyl sites for hydroxylation is 1. The molecule has 0 aliphatic rings. The molecule has 0 fully saturated rings. The Bertz CT molecular complexity index is 549. The average Bonchev–Trinajstić information content (AvgIpc) is 2.97. The molecular formula is C11H12N2O4S. The topological polar surface area (TPSA) is 96.5 Å². The molecule has 0 saturated carbocycles. The fraction of sp³-hybridized carbons (Fsp3) is 0.364. The minimum atomic E-state index is -1.16. The van der Waals surface area contributed by atoms with Crippen LogP contribution in [0, 0.1) is 0 Å². The van der Waals surface area contributed by atoms with Crippen LogP contribution in [0.4, 0.5) is 0 Å². The molecule has 0 aromatic carbocycles. The number of carboxylic acid groups (broad SMARTS) is 1. The van der Waals surface area contributed by atoms with Crippen LogP contribution in [0.5, 0.6) is 0 Å². The minimum absolute atomic E-state index is 0.191. The van der Waals surface area contributed by atoms with Crippen LogP contribution >= 0.6 is 11.5 Å². The van der Waals surface area contributed by atoms with E-state index in [0.29, 0.717) is 4.88 Å². The molecule has 1 atom stereocenters. The summed E-state index contributed by atoms with van der Waals surface area (Å²) in [5, 5.41) is 22.8. The number of aromatic carboxylic acids is 1. The van der Waals surface area contributed by atoms with Crippen molar-refractivity contribution in [3.05, 3.63) is 34.2 Å². The van der Waals surface area contributed by atoms with Crippen LogP contribution in [0.25, 0.3) is 0 Å². The van der Waals surface area contributed by atoms with E-state index >= 15 is 0 Å². The van der Waals surface area contributed by atoms with Crippen molar-refractivity contribution < 1.29 is 19.4 Å². The van der Waals surface area contributed by atoms with E-state index in [4.69, 9.17) is 9.52 Å². The molecule has 0 spiro atoms. The molecular weight excluding hydrogens is 256 g/mol. The van der Waals surface area contributed by atoms with Gasteiger partial charge in [-0.1, -0.05) is 17.8 Å². The molecule has 2 aromatic heterocycles. The predicted octanol–water partition coefficient (Wildman–Crippen LogP) is 1.86. The smallest absolute Gasteiger partial charge is 0.371 e. The predicted molar refractivity (Wildman–Crippen MR) is 63.6 cm³/mol. The van der Waals surface area contributed by atoms with Gasteiger partial charge in [0.25, 0.3) is 0 Å². The van der Waals surface area contributed by atoms with Crippen LogP contribution in [0.1, 0.15) is 46.3 Å². The van der Waals surface area contributed by atoms with Gasteiger partial charge in [-0.25, -0.2) is 4.79 Å². The van der Waals surface area contributed by atoms with Gasteiger partial charge in [0, 0.05) is 0 Å². The van der Waals surface area contributed by atoms with Crippen LogP contribution in [-0.2, 0) is 6.42 Å². The minimum Gasteiger partial charge on any atom is -0.475 e. The molecule has 0 radical (unpaired) electrons. The lowest BCUT2D eigenvalue weighted by Gasteiger charge is -2.05. The number of carbonyl (C=O) groups is 1. The number of rotatable bonds is 5. The van der Waals surface area contributed by atoms with Crippen molar-refractivity contribution in [2.45, 2.75) is 25.9 Å². The van der Waals surface area contributed by atoms with Gasteiger partial charge < -0.3 is 14.6 Å². The molecule has 2 rings (SSSR count). The summed E-state index contributed by atoms with van der Waals surface area (Å²) in [5.41, 5.74) is 0.725. The molecule has 6 nitrogen and oxygen atoms in total. The number of furan rings is 1. The lowest BCUT2D eigenvalue weighted by molar-refractivity contribution is 0.0655. The highest BCUT2D eigenvalue weighted by Crippen LogP contribution is 2.28. The first-order valence-corrected chi connectivity index (χ1v) is 6.23. The fourth-order valence-corrected chi connectivity index (χ4v) is 2.27. The Morgan fingerprint density at radius 3 is 2.94 bits per heavy atom. The van der Waals surface area contributed by atoms with E-state index in [2.05, 4.69) is 9.59 Å². The molecule has 0 aliphatic heterocycles. The molecule has 96 valence electrons. The van der Waals surface area contributed by atoms with Crippen molar-refractivity contribution in [3.63, 3.8) is 0 Å².